The monoisotopic (exact) mass is 349 g/mol. The van der Waals surface area contributed by atoms with Gasteiger partial charge in [0.25, 0.3) is 0 Å². The Bertz CT molecular complexity index is 647. The van der Waals surface area contributed by atoms with Crippen LogP contribution in [0.1, 0.15) is 48.3 Å². The Kier molecular flexibility index (Phi) is 3.80. The van der Waals surface area contributed by atoms with E-state index in [1.807, 2.05) is 19.1 Å². The fraction of sp³-hybridized carbons (Fsp3) is 0.400. The molecule has 1 aliphatic carbocycles. The number of carbonyl (C=O) groups is 1. The molecule has 1 aromatic heterocycles. The summed E-state index contributed by atoms with van der Waals surface area (Å²) in [7, 11) is 0. The normalized spacial score (nSPS) is 16.3. The second-order valence-corrected chi connectivity index (χ2v) is 6.14. The molecule has 2 aromatic rings. The smallest absolute Gasteiger partial charge is 0.315 e. The number of nitrogens with one attached hydrogen (secondary N) is 1. The number of carbonyl (C=O) groups excluding carboxylic acids is 1. The summed E-state index contributed by atoms with van der Waals surface area (Å²) in [6.07, 6.45) is 3.08. The van der Waals surface area contributed by atoms with Gasteiger partial charge in [0.15, 0.2) is 5.82 Å². The first-order valence-corrected chi connectivity index (χ1v) is 7.83. The van der Waals surface area contributed by atoms with E-state index >= 15 is 0 Å². The van der Waals surface area contributed by atoms with E-state index in [0.717, 1.165) is 23.7 Å². The fourth-order valence-corrected chi connectivity index (χ4v) is 2.95. The molecule has 1 aliphatic rings. The van der Waals surface area contributed by atoms with Crippen molar-refractivity contribution in [2.24, 2.45) is 0 Å². The van der Waals surface area contributed by atoms with Crippen LogP contribution in [0.3, 0.4) is 0 Å². The number of benzene rings is 1. The van der Waals surface area contributed by atoms with E-state index in [1.165, 1.54) is 5.56 Å². The molecule has 1 saturated carbocycles. The first kappa shape index (κ1) is 14.3. The van der Waals surface area contributed by atoms with E-state index in [-0.39, 0.29) is 17.2 Å². The van der Waals surface area contributed by atoms with Crippen LogP contribution in [0.15, 0.2) is 33.3 Å². The first-order valence-electron chi connectivity index (χ1n) is 7.04. The van der Waals surface area contributed by atoms with Crippen molar-refractivity contribution in [1.82, 2.24) is 15.5 Å². The van der Waals surface area contributed by atoms with Crippen LogP contribution >= 0.6 is 15.9 Å². The van der Waals surface area contributed by atoms with Gasteiger partial charge in [-0.3, -0.25) is 4.79 Å². The van der Waals surface area contributed by atoms with E-state index in [9.17, 15) is 4.79 Å². The number of hydrogen-bond acceptors (Lipinski definition) is 4. The molecule has 0 aliphatic heterocycles. The van der Waals surface area contributed by atoms with Crippen molar-refractivity contribution in [2.75, 3.05) is 6.54 Å². The Morgan fingerprint density at radius 2 is 2.10 bits per heavy atom. The van der Waals surface area contributed by atoms with Crippen LogP contribution in [0.4, 0.5) is 0 Å². The van der Waals surface area contributed by atoms with Crippen molar-refractivity contribution in [2.45, 2.75) is 31.6 Å². The number of nitrogens with zero attached hydrogens (tertiary/aromatic N) is 2. The summed E-state index contributed by atoms with van der Waals surface area (Å²) in [5.41, 5.74) is 0.954. The summed E-state index contributed by atoms with van der Waals surface area (Å²) in [5, 5.41) is 6.72. The average Bonchev–Trinajstić information content (AvgIpc) is 2.90. The van der Waals surface area contributed by atoms with Crippen LogP contribution in [0.5, 0.6) is 0 Å². The number of halogens is 1. The van der Waals surface area contributed by atoms with E-state index in [2.05, 4.69) is 43.5 Å². The molecular formula is C15H16BrN3O2. The second-order valence-electron chi connectivity index (χ2n) is 5.23. The summed E-state index contributed by atoms with van der Waals surface area (Å²) < 4.78 is 6.16. The molecule has 110 valence electrons. The van der Waals surface area contributed by atoms with Crippen molar-refractivity contribution < 1.29 is 9.32 Å². The topological polar surface area (TPSA) is 68.0 Å². The maximum Gasteiger partial charge on any atom is 0.315 e. The summed E-state index contributed by atoms with van der Waals surface area (Å²) in [5.74, 6) is 0.328. The molecule has 0 bridgehead atoms. The molecule has 0 spiro atoms. The van der Waals surface area contributed by atoms with Gasteiger partial charge < -0.3 is 9.84 Å². The minimum Gasteiger partial charge on any atom is -0.348 e. The SMILES string of the molecule is CCNC(=O)c1nc(C2(c3ccc(Br)cc3)CCC2)no1. The molecular weight excluding hydrogens is 334 g/mol. The van der Waals surface area contributed by atoms with Gasteiger partial charge in [0.05, 0.1) is 5.41 Å². The summed E-state index contributed by atoms with van der Waals surface area (Å²) in [6, 6.07) is 8.18. The van der Waals surface area contributed by atoms with Crippen LogP contribution in [0.2, 0.25) is 0 Å². The number of amides is 1. The van der Waals surface area contributed by atoms with Crippen LogP contribution in [-0.4, -0.2) is 22.6 Å². The minimum absolute atomic E-state index is 0.0373. The molecule has 0 radical (unpaired) electrons. The van der Waals surface area contributed by atoms with Crippen LogP contribution in [0, 0.1) is 0 Å². The third-order valence-electron chi connectivity index (χ3n) is 3.99. The van der Waals surface area contributed by atoms with Gasteiger partial charge in [-0.05, 0) is 37.5 Å². The highest BCUT2D eigenvalue weighted by Crippen LogP contribution is 2.47. The van der Waals surface area contributed by atoms with E-state index < -0.39 is 0 Å². The summed E-state index contributed by atoms with van der Waals surface area (Å²) in [4.78, 5) is 16.1. The Hall–Kier alpha value is -1.69. The van der Waals surface area contributed by atoms with Gasteiger partial charge in [0.1, 0.15) is 0 Å². The molecule has 5 nitrogen and oxygen atoms in total. The highest BCUT2D eigenvalue weighted by molar-refractivity contribution is 9.10. The van der Waals surface area contributed by atoms with Gasteiger partial charge in [-0.1, -0.05) is 39.6 Å². The highest BCUT2D eigenvalue weighted by Gasteiger charge is 2.44. The summed E-state index contributed by atoms with van der Waals surface area (Å²) in [6.45, 7) is 2.39. The molecule has 1 heterocycles. The zero-order chi connectivity index (χ0) is 14.9. The van der Waals surface area contributed by atoms with Crippen molar-refractivity contribution in [1.29, 1.82) is 0 Å². The molecule has 1 N–H and O–H groups in total. The summed E-state index contributed by atoms with van der Waals surface area (Å²) >= 11 is 3.45. The maximum absolute atomic E-state index is 11.8. The van der Waals surface area contributed by atoms with Crippen LogP contribution in [0.25, 0.3) is 0 Å². The van der Waals surface area contributed by atoms with Gasteiger partial charge in [0.2, 0.25) is 0 Å². The molecule has 21 heavy (non-hydrogen) atoms. The Morgan fingerprint density at radius 3 is 2.67 bits per heavy atom. The van der Waals surface area contributed by atoms with E-state index in [0.29, 0.717) is 12.4 Å². The van der Waals surface area contributed by atoms with E-state index in [1.54, 1.807) is 0 Å². The largest absolute Gasteiger partial charge is 0.348 e. The van der Waals surface area contributed by atoms with Gasteiger partial charge >= 0.3 is 11.8 Å². The van der Waals surface area contributed by atoms with Crippen molar-refractivity contribution in [3.05, 3.63) is 46.0 Å². The van der Waals surface area contributed by atoms with Gasteiger partial charge in [-0.25, -0.2) is 0 Å². The Balaban J connectivity index is 1.93. The molecule has 6 heteroatoms. The molecule has 0 unspecified atom stereocenters. The lowest BCUT2D eigenvalue weighted by molar-refractivity contribution is 0.0912. The average molecular weight is 350 g/mol. The molecule has 0 atom stereocenters. The lowest BCUT2D eigenvalue weighted by atomic mass is 9.64. The van der Waals surface area contributed by atoms with Crippen molar-refractivity contribution in [3.8, 4) is 0 Å². The van der Waals surface area contributed by atoms with Crippen LogP contribution in [-0.2, 0) is 5.41 Å². The molecule has 1 fully saturated rings. The molecule has 1 aromatic carbocycles. The molecule has 0 saturated heterocycles. The number of rotatable bonds is 4. The lowest BCUT2D eigenvalue weighted by Gasteiger charge is -2.39. The number of aromatic nitrogens is 2. The lowest BCUT2D eigenvalue weighted by Crippen LogP contribution is -2.36. The third-order valence-corrected chi connectivity index (χ3v) is 4.52. The van der Waals surface area contributed by atoms with Gasteiger partial charge in [-0.15, -0.1) is 0 Å². The van der Waals surface area contributed by atoms with Crippen LogP contribution < -0.4 is 5.32 Å². The molecule has 1 amide bonds. The third kappa shape index (κ3) is 2.48. The minimum atomic E-state index is -0.318. The predicted molar refractivity (Wildman–Crippen MR) is 81.1 cm³/mol. The highest BCUT2D eigenvalue weighted by atomic mass is 79.9. The van der Waals surface area contributed by atoms with Gasteiger partial charge in [0, 0.05) is 11.0 Å². The van der Waals surface area contributed by atoms with Crippen molar-refractivity contribution in [3.63, 3.8) is 0 Å². The Labute approximate surface area is 131 Å². The molecule has 3 rings (SSSR count). The maximum atomic E-state index is 11.8. The second kappa shape index (κ2) is 5.60. The predicted octanol–water partition coefficient (Wildman–Crippen LogP) is 3.05. The quantitative estimate of drug-likeness (QED) is 0.920. The fourth-order valence-electron chi connectivity index (χ4n) is 2.69. The number of hydrogen-bond donors (Lipinski definition) is 1. The Morgan fingerprint density at radius 1 is 1.38 bits per heavy atom. The van der Waals surface area contributed by atoms with E-state index in [4.69, 9.17) is 4.52 Å². The zero-order valence-electron chi connectivity index (χ0n) is 11.7. The van der Waals surface area contributed by atoms with Gasteiger partial charge in [-0.2, -0.15) is 4.98 Å². The first-order chi connectivity index (χ1) is 10.2. The standard InChI is InChI=1S/C15H16BrN3O2/c1-2-17-12(20)13-18-14(19-21-13)15(8-3-9-15)10-4-6-11(16)7-5-10/h4-7H,2-3,8-9H2,1H3,(H,17,20). The zero-order valence-corrected chi connectivity index (χ0v) is 13.3. The van der Waals surface area contributed by atoms with Crippen molar-refractivity contribution >= 4 is 21.8 Å².